The van der Waals surface area contributed by atoms with Gasteiger partial charge in [0.1, 0.15) is 11.2 Å². The van der Waals surface area contributed by atoms with Gasteiger partial charge in [-0.2, -0.15) is 0 Å². The van der Waals surface area contributed by atoms with E-state index in [1.807, 2.05) is 146 Å². The molecule has 11 rings (SSSR count). The third kappa shape index (κ3) is 7.32. The molecule has 3 nitrogen and oxygen atoms in total. The summed E-state index contributed by atoms with van der Waals surface area (Å²) in [6.07, 6.45) is 0. The molecule has 3 heteroatoms. The Morgan fingerprint density at radius 1 is 0.333 bits per heavy atom. The van der Waals surface area contributed by atoms with E-state index in [4.69, 9.17) is 14.0 Å². The topological polar surface area (TPSA) is 19.6 Å². The Morgan fingerprint density at radius 2 is 0.889 bits per heavy atom. The van der Waals surface area contributed by atoms with Crippen molar-refractivity contribution < 1.29 is 16.8 Å². The standard InChI is InChI=1S/C60H42N2O/c1-4-17-43(18-5-1)46-33-37-50(38-34-46)61(52-25-14-23-48(41-52)45-21-8-3-9-22-45)53-26-15-24-49(42-53)54-27-10-12-29-56(54)62(51-39-35-47(36-40-51)44-19-6-2-7-20-44)57-30-16-32-59-60(57)55-28-11-13-31-58(55)63-59/h1-42H/i3D,8D,9D,14D,21D,22D,23D,25D,41D. The lowest BCUT2D eigenvalue weighted by atomic mass is 9.99. The van der Waals surface area contributed by atoms with Crippen molar-refractivity contribution in [3.63, 3.8) is 0 Å². The van der Waals surface area contributed by atoms with Crippen LogP contribution in [0.3, 0.4) is 0 Å². The highest BCUT2D eigenvalue weighted by Gasteiger charge is 2.23. The Bertz CT molecular complexity index is 3830. The van der Waals surface area contributed by atoms with Crippen LogP contribution in [0.2, 0.25) is 0 Å². The molecule has 10 aromatic carbocycles. The van der Waals surface area contributed by atoms with Crippen molar-refractivity contribution >= 4 is 56.1 Å². The first-order valence-electron chi connectivity index (χ1n) is 25.2. The Labute approximate surface area is 380 Å². The average Bonchev–Trinajstić information content (AvgIpc) is 3.82. The van der Waals surface area contributed by atoms with Crippen molar-refractivity contribution in [3.8, 4) is 44.5 Å². The van der Waals surface area contributed by atoms with Gasteiger partial charge in [0.15, 0.2) is 0 Å². The fourth-order valence-electron chi connectivity index (χ4n) is 8.30. The molecule has 0 radical (unpaired) electrons. The maximum atomic E-state index is 9.82. The van der Waals surface area contributed by atoms with Gasteiger partial charge in [0.2, 0.25) is 0 Å². The van der Waals surface area contributed by atoms with Gasteiger partial charge < -0.3 is 14.2 Å². The third-order valence-electron chi connectivity index (χ3n) is 11.2. The molecule has 1 aromatic heterocycles. The Morgan fingerprint density at radius 3 is 1.62 bits per heavy atom. The zero-order chi connectivity index (χ0) is 49.8. The van der Waals surface area contributed by atoms with Crippen LogP contribution in [0.15, 0.2) is 259 Å². The molecule has 0 aliphatic carbocycles. The normalized spacial score (nSPS) is 13.2. The molecule has 1 heterocycles. The summed E-state index contributed by atoms with van der Waals surface area (Å²) in [4.78, 5) is 3.91. The molecule has 298 valence electrons. The molecular weight excluding hydrogens is 765 g/mol. The summed E-state index contributed by atoms with van der Waals surface area (Å²) in [5, 5.41) is 1.91. The number of para-hydroxylation sites is 2. The smallest absolute Gasteiger partial charge is 0.137 e. The SMILES string of the molecule is [2H]c1c([2H])c([2H])c(-c2c([2H])c([2H])c([2H])c(N(c3ccc(-c4ccccc4)cc3)c3cccc(-c4ccccc4N(c4ccc(-c5ccccc5)cc4)c4cccc5oc6ccccc6c45)c3)c2[2H])c([2H])c1[2H]. The average molecular weight is 816 g/mol. The summed E-state index contributed by atoms with van der Waals surface area (Å²) >= 11 is 0. The first-order valence-corrected chi connectivity index (χ1v) is 20.7. The van der Waals surface area contributed by atoms with Crippen LogP contribution in [0.4, 0.5) is 34.1 Å². The van der Waals surface area contributed by atoms with E-state index in [1.165, 1.54) is 0 Å². The van der Waals surface area contributed by atoms with Crippen LogP contribution in [0.5, 0.6) is 0 Å². The largest absolute Gasteiger partial charge is 0.456 e. The van der Waals surface area contributed by atoms with Crippen LogP contribution in [-0.4, -0.2) is 0 Å². The van der Waals surface area contributed by atoms with Crippen LogP contribution < -0.4 is 9.80 Å². The van der Waals surface area contributed by atoms with Crippen molar-refractivity contribution in [1.29, 1.82) is 0 Å². The van der Waals surface area contributed by atoms with Gasteiger partial charge in [-0.3, -0.25) is 0 Å². The summed E-state index contributed by atoms with van der Waals surface area (Å²) in [5.74, 6) is 0. The number of benzene rings is 10. The highest BCUT2D eigenvalue weighted by atomic mass is 16.3. The number of hydrogen-bond donors (Lipinski definition) is 0. The van der Waals surface area contributed by atoms with E-state index in [0.29, 0.717) is 11.4 Å². The first kappa shape index (κ1) is 29.0. The number of anilines is 6. The van der Waals surface area contributed by atoms with E-state index >= 15 is 0 Å². The van der Waals surface area contributed by atoms with Crippen molar-refractivity contribution in [2.75, 3.05) is 9.80 Å². The molecule has 0 fully saturated rings. The third-order valence-corrected chi connectivity index (χ3v) is 11.2. The highest BCUT2D eigenvalue weighted by Crippen LogP contribution is 2.47. The molecule has 0 unspecified atom stereocenters. The number of fused-ring (bicyclic) bond motifs is 3. The zero-order valence-corrected chi connectivity index (χ0v) is 33.9. The van der Waals surface area contributed by atoms with Gasteiger partial charge in [-0.25, -0.2) is 0 Å². The van der Waals surface area contributed by atoms with Crippen molar-refractivity contribution in [2.24, 2.45) is 0 Å². The van der Waals surface area contributed by atoms with E-state index in [-0.39, 0.29) is 16.8 Å². The Kier molecular flexibility index (Phi) is 7.62. The summed E-state index contributed by atoms with van der Waals surface area (Å²) in [6, 6.07) is 60.8. The van der Waals surface area contributed by atoms with Gasteiger partial charge in [-0.15, -0.1) is 0 Å². The lowest BCUT2D eigenvalue weighted by molar-refractivity contribution is 0.669. The molecule has 0 saturated carbocycles. The Hall–Kier alpha value is -8.40. The van der Waals surface area contributed by atoms with Gasteiger partial charge in [0.25, 0.3) is 0 Å². The van der Waals surface area contributed by atoms with Crippen LogP contribution >= 0.6 is 0 Å². The molecule has 0 bridgehead atoms. The lowest BCUT2D eigenvalue weighted by Crippen LogP contribution is -2.12. The fraction of sp³-hybridized carbons (Fsp3) is 0. The molecular formula is C60H42N2O. The van der Waals surface area contributed by atoms with Crippen molar-refractivity contribution in [1.82, 2.24) is 0 Å². The predicted octanol–water partition coefficient (Wildman–Crippen LogP) is 17.2. The van der Waals surface area contributed by atoms with Gasteiger partial charge in [0.05, 0.1) is 29.1 Å². The number of furan rings is 1. The van der Waals surface area contributed by atoms with Gasteiger partial charge >= 0.3 is 0 Å². The fourth-order valence-corrected chi connectivity index (χ4v) is 8.30. The second-order valence-electron chi connectivity index (χ2n) is 15.0. The minimum Gasteiger partial charge on any atom is -0.456 e. The van der Waals surface area contributed by atoms with Crippen LogP contribution in [0.1, 0.15) is 12.3 Å². The summed E-state index contributed by atoms with van der Waals surface area (Å²) < 4.78 is 86.8. The molecule has 0 N–H and O–H groups in total. The number of hydrogen-bond acceptors (Lipinski definition) is 3. The zero-order valence-electron chi connectivity index (χ0n) is 42.9. The van der Waals surface area contributed by atoms with Crippen molar-refractivity contribution in [3.05, 3.63) is 255 Å². The maximum absolute atomic E-state index is 9.82. The van der Waals surface area contributed by atoms with E-state index in [2.05, 4.69) is 59.5 Å². The van der Waals surface area contributed by atoms with Gasteiger partial charge in [-0.05, 0) is 112 Å². The molecule has 0 spiro atoms. The van der Waals surface area contributed by atoms with Crippen LogP contribution in [0.25, 0.3) is 66.4 Å². The van der Waals surface area contributed by atoms with Crippen LogP contribution in [0, 0.1) is 0 Å². The second-order valence-corrected chi connectivity index (χ2v) is 15.0. The van der Waals surface area contributed by atoms with E-state index in [9.17, 15) is 2.74 Å². The van der Waals surface area contributed by atoms with Crippen LogP contribution in [-0.2, 0) is 0 Å². The molecule has 0 atom stereocenters. The quantitative estimate of drug-likeness (QED) is 0.137. The molecule has 63 heavy (non-hydrogen) atoms. The monoisotopic (exact) mass is 815 g/mol. The summed E-state index contributed by atoms with van der Waals surface area (Å²) in [7, 11) is 0. The molecule has 0 aliphatic rings. The maximum Gasteiger partial charge on any atom is 0.137 e. The highest BCUT2D eigenvalue weighted by molar-refractivity contribution is 6.14. The second kappa shape index (κ2) is 16.6. The van der Waals surface area contributed by atoms with Gasteiger partial charge in [0, 0.05) is 33.7 Å². The summed E-state index contributed by atoms with van der Waals surface area (Å²) in [6.45, 7) is 0. The minimum atomic E-state index is -0.633. The van der Waals surface area contributed by atoms with Crippen molar-refractivity contribution in [2.45, 2.75) is 0 Å². The van der Waals surface area contributed by atoms with E-state index in [1.54, 1.807) is 4.90 Å². The Balaban J connectivity index is 1.13. The minimum absolute atomic E-state index is 0.102. The molecule has 0 aliphatic heterocycles. The summed E-state index contributed by atoms with van der Waals surface area (Å²) in [5.41, 5.74) is 10.00. The number of nitrogens with zero attached hydrogens (tertiary/aromatic N) is 2. The van der Waals surface area contributed by atoms with E-state index in [0.717, 1.165) is 72.4 Å². The van der Waals surface area contributed by atoms with Gasteiger partial charge in [-0.1, -0.05) is 182 Å². The van der Waals surface area contributed by atoms with E-state index < -0.39 is 54.4 Å². The molecule has 0 saturated heterocycles. The predicted molar refractivity (Wildman–Crippen MR) is 265 cm³/mol. The lowest BCUT2D eigenvalue weighted by Gasteiger charge is -2.29. The molecule has 11 aromatic rings. The molecule has 0 amide bonds. The number of rotatable bonds is 10. The first-order chi connectivity index (χ1) is 35.0.